The molecule has 0 saturated carbocycles. The van der Waals surface area contributed by atoms with Crippen molar-refractivity contribution in [3.63, 3.8) is 0 Å². The Hall–Kier alpha value is -3.40. The topological polar surface area (TPSA) is 46.6 Å². The van der Waals surface area contributed by atoms with E-state index in [0.717, 1.165) is 22.4 Å². The third kappa shape index (κ3) is 3.73. The summed E-state index contributed by atoms with van der Waals surface area (Å²) in [5.41, 5.74) is 2.52. The van der Waals surface area contributed by atoms with Crippen LogP contribution in [-0.2, 0) is 33.7 Å². The van der Waals surface area contributed by atoms with Gasteiger partial charge in [-0.05, 0) is 42.5 Å². The molecule has 3 aromatic carbocycles. The average molecular weight is 399 g/mol. The maximum Gasteiger partial charge on any atom is 0.322 e. The molecule has 0 N–H and O–H groups in total. The molecule has 1 atom stereocenters. The van der Waals surface area contributed by atoms with Gasteiger partial charge in [0.25, 0.3) is 0 Å². The quantitative estimate of drug-likeness (QED) is 0.451. The van der Waals surface area contributed by atoms with Crippen LogP contribution in [0.4, 0.5) is 5.69 Å². The highest BCUT2D eigenvalue weighted by atomic mass is 16.5. The third-order valence-corrected chi connectivity index (χ3v) is 5.63. The van der Waals surface area contributed by atoms with Crippen LogP contribution in [0.25, 0.3) is 0 Å². The Morgan fingerprint density at radius 1 is 0.900 bits per heavy atom. The smallest absolute Gasteiger partial charge is 0.322 e. The van der Waals surface area contributed by atoms with Crippen LogP contribution < -0.4 is 4.90 Å². The van der Waals surface area contributed by atoms with Crippen LogP contribution in [0.2, 0.25) is 0 Å². The molecule has 0 bridgehead atoms. The molecule has 0 saturated heterocycles. The summed E-state index contributed by atoms with van der Waals surface area (Å²) in [4.78, 5) is 29.0. The third-order valence-electron chi connectivity index (χ3n) is 5.63. The first kappa shape index (κ1) is 19.9. The highest BCUT2D eigenvalue weighted by Gasteiger charge is 2.53. The predicted molar refractivity (Wildman–Crippen MR) is 117 cm³/mol. The van der Waals surface area contributed by atoms with Gasteiger partial charge in [0, 0.05) is 5.69 Å². The second-order valence-corrected chi connectivity index (χ2v) is 7.65. The van der Waals surface area contributed by atoms with Crippen LogP contribution in [0.15, 0.2) is 84.9 Å². The highest BCUT2D eigenvalue weighted by molar-refractivity contribution is 6.12. The molecular weight excluding hydrogens is 374 g/mol. The van der Waals surface area contributed by atoms with E-state index < -0.39 is 11.4 Å². The molecule has 0 aromatic heterocycles. The molecule has 1 aliphatic rings. The van der Waals surface area contributed by atoms with Crippen molar-refractivity contribution in [2.24, 2.45) is 5.41 Å². The van der Waals surface area contributed by atoms with Crippen molar-refractivity contribution in [3.05, 3.63) is 102 Å². The summed E-state index contributed by atoms with van der Waals surface area (Å²) in [7, 11) is 0. The Morgan fingerprint density at radius 3 is 2.17 bits per heavy atom. The number of nitrogens with zero attached hydrogens (tertiary/aromatic N) is 1. The molecule has 4 heteroatoms. The van der Waals surface area contributed by atoms with E-state index in [0.29, 0.717) is 19.4 Å². The number of rotatable bonds is 6. The van der Waals surface area contributed by atoms with Gasteiger partial charge in [0.2, 0.25) is 5.91 Å². The van der Waals surface area contributed by atoms with Crippen LogP contribution in [0.5, 0.6) is 0 Å². The van der Waals surface area contributed by atoms with Crippen molar-refractivity contribution in [3.8, 4) is 0 Å². The molecular formula is C26H25NO3. The van der Waals surface area contributed by atoms with Gasteiger partial charge in [-0.1, -0.05) is 78.9 Å². The fourth-order valence-electron chi connectivity index (χ4n) is 4.20. The fraction of sp³-hybridized carbons (Fsp3) is 0.231. The average Bonchev–Trinajstić information content (AvgIpc) is 2.78. The molecule has 0 fully saturated rings. The Bertz CT molecular complexity index is 1030. The molecule has 0 radical (unpaired) electrons. The van der Waals surface area contributed by atoms with Crippen LogP contribution in [-0.4, -0.2) is 18.5 Å². The minimum Gasteiger partial charge on any atom is -0.465 e. The summed E-state index contributed by atoms with van der Waals surface area (Å²) >= 11 is 0. The lowest BCUT2D eigenvalue weighted by atomic mass is 9.72. The number of anilines is 1. The van der Waals surface area contributed by atoms with Gasteiger partial charge >= 0.3 is 5.97 Å². The minimum absolute atomic E-state index is 0.202. The summed E-state index contributed by atoms with van der Waals surface area (Å²) < 4.78 is 5.45. The number of benzene rings is 3. The zero-order valence-corrected chi connectivity index (χ0v) is 17.1. The van der Waals surface area contributed by atoms with E-state index in [-0.39, 0.29) is 12.5 Å². The number of carbonyl (C=O) groups is 2. The van der Waals surface area contributed by atoms with E-state index in [1.807, 2.05) is 84.9 Å². The maximum atomic E-state index is 14.0. The van der Waals surface area contributed by atoms with Crippen molar-refractivity contribution in [2.75, 3.05) is 11.5 Å². The molecule has 0 spiro atoms. The van der Waals surface area contributed by atoms with E-state index in [9.17, 15) is 9.59 Å². The number of esters is 1. The van der Waals surface area contributed by atoms with E-state index in [1.54, 1.807) is 11.8 Å². The molecule has 4 rings (SSSR count). The Kier molecular flexibility index (Phi) is 5.66. The number of ether oxygens (including phenoxy) is 1. The summed E-state index contributed by atoms with van der Waals surface area (Å²) in [5.74, 6) is -0.654. The van der Waals surface area contributed by atoms with Crippen LogP contribution in [0.3, 0.4) is 0 Å². The molecule has 3 aromatic rings. The summed E-state index contributed by atoms with van der Waals surface area (Å²) in [6.45, 7) is 2.42. The van der Waals surface area contributed by atoms with E-state index in [2.05, 4.69) is 0 Å². The van der Waals surface area contributed by atoms with Crippen molar-refractivity contribution in [2.45, 2.75) is 26.3 Å². The van der Waals surface area contributed by atoms with Crippen molar-refractivity contribution >= 4 is 17.6 Å². The van der Waals surface area contributed by atoms with E-state index in [1.165, 1.54) is 0 Å². The molecule has 0 aliphatic carbocycles. The maximum absolute atomic E-state index is 14.0. The number of hydrogen-bond acceptors (Lipinski definition) is 3. The van der Waals surface area contributed by atoms with Crippen molar-refractivity contribution in [1.29, 1.82) is 0 Å². The van der Waals surface area contributed by atoms with E-state index >= 15 is 0 Å². The molecule has 1 aliphatic heterocycles. The van der Waals surface area contributed by atoms with Gasteiger partial charge in [0.15, 0.2) is 5.41 Å². The first-order chi connectivity index (χ1) is 14.6. The Balaban J connectivity index is 1.81. The second kappa shape index (κ2) is 8.54. The molecule has 1 amide bonds. The van der Waals surface area contributed by atoms with Crippen LogP contribution in [0, 0.1) is 5.41 Å². The van der Waals surface area contributed by atoms with Gasteiger partial charge in [0.1, 0.15) is 0 Å². The van der Waals surface area contributed by atoms with Gasteiger partial charge in [0.05, 0.1) is 13.2 Å². The monoisotopic (exact) mass is 399 g/mol. The Labute approximate surface area is 177 Å². The number of carbonyl (C=O) groups excluding carboxylic acids is 2. The molecule has 4 nitrogen and oxygen atoms in total. The van der Waals surface area contributed by atoms with Crippen molar-refractivity contribution in [1.82, 2.24) is 0 Å². The fourth-order valence-corrected chi connectivity index (χ4v) is 4.20. The van der Waals surface area contributed by atoms with Crippen molar-refractivity contribution < 1.29 is 14.3 Å². The van der Waals surface area contributed by atoms with Gasteiger partial charge in [-0.2, -0.15) is 0 Å². The standard InChI is InChI=1S/C26H25NO3/c1-2-30-25(29)26(17-20-11-5-3-6-12-20)18-22-15-9-10-16-23(22)27(24(26)28)19-21-13-7-4-8-14-21/h3-16H,2,17-19H2,1H3/t26-/m1/s1. The summed E-state index contributed by atoms with van der Waals surface area (Å²) in [6.07, 6.45) is 0.645. The van der Waals surface area contributed by atoms with Gasteiger partial charge < -0.3 is 9.64 Å². The number of hydrogen-bond donors (Lipinski definition) is 0. The Morgan fingerprint density at radius 2 is 1.50 bits per heavy atom. The van der Waals surface area contributed by atoms with Gasteiger partial charge in [-0.25, -0.2) is 0 Å². The minimum atomic E-state index is -1.28. The van der Waals surface area contributed by atoms with Gasteiger partial charge in [-0.3, -0.25) is 9.59 Å². The van der Waals surface area contributed by atoms with Crippen LogP contribution >= 0.6 is 0 Å². The second-order valence-electron chi connectivity index (χ2n) is 7.65. The zero-order chi connectivity index (χ0) is 21.0. The zero-order valence-electron chi connectivity index (χ0n) is 17.1. The number of para-hydroxylation sites is 1. The lowest BCUT2D eigenvalue weighted by molar-refractivity contribution is -0.160. The normalized spacial score (nSPS) is 18.0. The molecule has 0 unspecified atom stereocenters. The molecule has 152 valence electrons. The lowest BCUT2D eigenvalue weighted by Crippen LogP contribution is -2.55. The number of fused-ring (bicyclic) bond motifs is 1. The largest absolute Gasteiger partial charge is 0.465 e. The first-order valence-electron chi connectivity index (χ1n) is 10.3. The molecule has 1 heterocycles. The lowest BCUT2D eigenvalue weighted by Gasteiger charge is -2.41. The summed E-state index contributed by atoms with van der Waals surface area (Å²) in [5, 5.41) is 0. The summed E-state index contributed by atoms with van der Waals surface area (Å²) in [6, 6.07) is 27.4. The first-order valence-corrected chi connectivity index (χ1v) is 10.3. The van der Waals surface area contributed by atoms with Gasteiger partial charge in [-0.15, -0.1) is 0 Å². The van der Waals surface area contributed by atoms with E-state index in [4.69, 9.17) is 4.74 Å². The van der Waals surface area contributed by atoms with Crippen LogP contribution in [0.1, 0.15) is 23.6 Å². The SMILES string of the molecule is CCOC(=O)[C@]1(Cc2ccccc2)Cc2ccccc2N(Cc2ccccc2)C1=O. The number of amides is 1. The predicted octanol–water partition coefficient (Wildman–Crippen LogP) is 4.57. The highest BCUT2D eigenvalue weighted by Crippen LogP contribution is 2.41. The molecule has 30 heavy (non-hydrogen) atoms.